The third kappa shape index (κ3) is 4.81. The highest BCUT2D eigenvalue weighted by Gasteiger charge is 2.17. The molecule has 31 heavy (non-hydrogen) atoms. The van der Waals surface area contributed by atoms with Crippen LogP contribution in [0.2, 0.25) is 0 Å². The summed E-state index contributed by atoms with van der Waals surface area (Å²) in [7, 11) is 3.88. The summed E-state index contributed by atoms with van der Waals surface area (Å²) >= 11 is 1.46. The summed E-state index contributed by atoms with van der Waals surface area (Å²) in [5.41, 5.74) is 2.57. The van der Waals surface area contributed by atoms with Gasteiger partial charge in [0.25, 0.3) is 0 Å². The van der Waals surface area contributed by atoms with Gasteiger partial charge in [-0.1, -0.05) is 47.7 Å². The second-order valence-corrected chi connectivity index (χ2v) is 7.82. The van der Waals surface area contributed by atoms with E-state index in [9.17, 15) is 9.90 Å². The third-order valence-corrected chi connectivity index (χ3v) is 5.44. The van der Waals surface area contributed by atoms with Crippen molar-refractivity contribution >= 4 is 33.9 Å². The van der Waals surface area contributed by atoms with Crippen molar-refractivity contribution in [2.45, 2.75) is 0 Å². The fraction of sp³-hybridized carbons (Fsp3) is 0.0870. The Morgan fingerprint density at radius 3 is 2.61 bits per heavy atom. The molecule has 0 unspecified atom stereocenters. The Balaban J connectivity index is 1.61. The topological polar surface area (TPSA) is 87.6 Å². The number of pyridine rings is 1. The number of carbonyl (C=O) groups is 1. The van der Waals surface area contributed by atoms with Crippen molar-refractivity contribution in [3.05, 3.63) is 78.5 Å². The normalized spacial score (nSPS) is 10.5. The van der Waals surface area contributed by atoms with Gasteiger partial charge in [0.2, 0.25) is 5.06 Å². The van der Waals surface area contributed by atoms with E-state index >= 15 is 0 Å². The van der Waals surface area contributed by atoms with E-state index in [4.69, 9.17) is 9.72 Å². The lowest BCUT2D eigenvalue weighted by Gasteiger charge is -2.09. The number of rotatable bonds is 7. The second-order valence-electron chi connectivity index (χ2n) is 6.88. The Labute approximate surface area is 183 Å². The number of hydrogen-bond acceptors (Lipinski definition) is 7. The Morgan fingerprint density at radius 1 is 1.06 bits per heavy atom. The number of thiazole rings is 1. The van der Waals surface area contributed by atoms with Crippen LogP contribution in [-0.4, -0.2) is 35.1 Å². The summed E-state index contributed by atoms with van der Waals surface area (Å²) in [6.45, 7) is 0. The first-order chi connectivity index (χ1) is 15.0. The number of nitrogens with one attached hydrogen (secondary N) is 1. The molecule has 0 fully saturated rings. The van der Waals surface area contributed by atoms with Gasteiger partial charge in [-0.25, -0.2) is 14.8 Å². The van der Waals surface area contributed by atoms with E-state index in [0.29, 0.717) is 22.3 Å². The van der Waals surface area contributed by atoms with Crippen LogP contribution in [0.1, 0.15) is 10.4 Å². The molecule has 7 nitrogen and oxygen atoms in total. The van der Waals surface area contributed by atoms with Crippen molar-refractivity contribution in [2.24, 2.45) is 0 Å². The molecule has 0 aliphatic carbocycles. The third-order valence-electron chi connectivity index (χ3n) is 4.34. The summed E-state index contributed by atoms with van der Waals surface area (Å²) in [4.78, 5) is 22.2. The zero-order valence-electron chi connectivity index (χ0n) is 16.9. The van der Waals surface area contributed by atoms with Crippen molar-refractivity contribution in [1.82, 2.24) is 9.97 Å². The van der Waals surface area contributed by atoms with Gasteiger partial charge in [-0.3, -0.25) is 0 Å². The van der Waals surface area contributed by atoms with Crippen LogP contribution >= 0.6 is 11.3 Å². The van der Waals surface area contributed by atoms with Gasteiger partial charge < -0.3 is 20.1 Å². The lowest BCUT2D eigenvalue weighted by molar-refractivity contribution is 0.0697. The van der Waals surface area contributed by atoms with Crippen LogP contribution in [-0.2, 0) is 0 Å². The highest BCUT2D eigenvalue weighted by molar-refractivity contribution is 7.17. The van der Waals surface area contributed by atoms with E-state index in [2.05, 4.69) is 10.3 Å². The number of carboxylic acids is 1. The highest BCUT2D eigenvalue weighted by Crippen LogP contribution is 2.41. The molecule has 2 N–H and O–H groups in total. The molecule has 0 amide bonds. The quantitative estimate of drug-likeness (QED) is 0.398. The number of aromatic carboxylic acids is 1. The molecular formula is C23H20N4O3S. The minimum atomic E-state index is -0.982. The first-order valence-electron chi connectivity index (χ1n) is 9.47. The lowest BCUT2D eigenvalue weighted by Crippen LogP contribution is -2.07. The van der Waals surface area contributed by atoms with Crippen LogP contribution < -0.4 is 15.0 Å². The van der Waals surface area contributed by atoms with Gasteiger partial charge >= 0.3 is 5.97 Å². The molecule has 0 bridgehead atoms. The average Bonchev–Trinajstić information content (AvgIpc) is 3.19. The summed E-state index contributed by atoms with van der Waals surface area (Å²) < 4.78 is 6.19. The van der Waals surface area contributed by atoms with E-state index in [1.54, 1.807) is 36.5 Å². The molecule has 2 heterocycles. The molecule has 0 radical (unpaired) electrons. The van der Waals surface area contributed by atoms with Crippen LogP contribution in [0.3, 0.4) is 0 Å². The Kier molecular flexibility index (Phi) is 5.81. The van der Waals surface area contributed by atoms with Crippen LogP contribution in [0.15, 0.2) is 72.9 Å². The maximum atomic E-state index is 11.2. The van der Waals surface area contributed by atoms with Gasteiger partial charge in [0.05, 0.1) is 5.56 Å². The summed E-state index contributed by atoms with van der Waals surface area (Å²) in [6.07, 6.45) is 1.63. The van der Waals surface area contributed by atoms with Gasteiger partial charge in [0, 0.05) is 37.6 Å². The molecule has 156 valence electrons. The Bertz CT molecular complexity index is 1210. The monoisotopic (exact) mass is 432 g/mol. The summed E-state index contributed by atoms with van der Waals surface area (Å²) in [5, 5.41) is 13.8. The number of benzene rings is 2. The largest absolute Gasteiger partial charge is 0.478 e. The highest BCUT2D eigenvalue weighted by atomic mass is 32.1. The van der Waals surface area contributed by atoms with E-state index < -0.39 is 5.97 Å². The predicted molar refractivity (Wildman–Crippen MR) is 123 cm³/mol. The standard InChI is InChI=1S/C23H20N4O3S/c1-27(2)23-26-20(15-7-4-3-5-8-15)22(31-23)30-18-11-12-24-19(14-18)25-17-10-6-9-16(13-17)21(28)29/h3-14H,1-2H3,(H,24,25)(H,28,29). The molecule has 2 aromatic carbocycles. The molecule has 4 aromatic rings. The molecule has 0 saturated heterocycles. The van der Waals surface area contributed by atoms with Crippen molar-refractivity contribution in [1.29, 1.82) is 0 Å². The molecule has 4 rings (SSSR count). The average molecular weight is 433 g/mol. The number of ether oxygens (including phenoxy) is 1. The molecule has 0 aliphatic heterocycles. The molecule has 0 spiro atoms. The first-order valence-corrected chi connectivity index (χ1v) is 10.3. The number of anilines is 3. The van der Waals surface area contributed by atoms with Crippen molar-refractivity contribution in [2.75, 3.05) is 24.3 Å². The predicted octanol–water partition coefficient (Wildman–Crippen LogP) is 5.51. The van der Waals surface area contributed by atoms with Gasteiger partial charge in [-0.15, -0.1) is 0 Å². The fourth-order valence-corrected chi connectivity index (χ4v) is 3.75. The van der Waals surface area contributed by atoms with Crippen LogP contribution in [0.4, 0.5) is 16.6 Å². The second kappa shape index (κ2) is 8.85. The Morgan fingerprint density at radius 2 is 1.87 bits per heavy atom. The number of carboxylic acid groups (broad SMARTS) is 1. The maximum absolute atomic E-state index is 11.2. The zero-order valence-corrected chi connectivity index (χ0v) is 17.8. The number of hydrogen-bond donors (Lipinski definition) is 2. The maximum Gasteiger partial charge on any atom is 0.335 e. The molecule has 0 atom stereocenters. The minimum absolute atomic E-state index is 0.200. The van der Waals surface area contributed by atoms with Gasteiger partial charge in [0.1, 0.15) is 17.3 Å². The van der Waals surface area contributed by atoms with Crippen molar-refractivity contribution < 1.29 is 14.6 Å². The first kappa shape index (κ1) is 20.4. The summed E-state index contributed by atoms with van der Waals surface area (Å²) in [6, 6.07) is 20.0. The van der Waals surface area contributed by atoms with E-state index in [1.165, 1.54) is 17.4 Å². The van der Waals surface area contributed by atoms with Gasteiger partial charge in [-0.05, 0) is 24.3 Å². The van der Waals surface area contributed by atoms with E-state index in [0.717, 1.165) is 16.4 Å². The molecule has 0 saturated carbocycles. The van der Waals surface area contributed by atoms with Gasteiger partial charge in [0.15, 0.2) is 5.13 Å². The Hall–Kier alpha value is -3.91. The zero-order chi connectivity index (χ0) is 21.8. The van der Waals surface area contributed by atoms with Crippen LogP contribution in [0.5, 0.6) is 10.8 Å². The molecule has 2 aromatic heterocycles. The smallest absolute Gasteiger partial charge is 0.335 e. The van der Waals surface area contributed by atoms with E-state index in [1.807, 2.05) is 49.3 Å². The molecule has 8 heteroatoms. The summed E-state index contributed by atoms with van der Waals surface area (Å²) in [5.74, 6) is 0.153. The SMILES string of the molecule is CN(C)c1nc(-c2ccccc2)c(Oc2ccnc(Nc3cccc(C(=O)O)c3)c2)s1. The number of nitrogens with zero attached hydrogens (tertiary/aromatic N) is 3. The van der Waals surface area contributed by atoms with Crippen LogP contribution in [0.25, 0.3) is 11.3 Å². The molecule has 0 aliphatic rings. The fourth-order valence-electron chi connectivity index (χ4n) is 2.86. The van der Waals surface area contributed by atoms with Crippen LogP contribution in [0, 0.1) is 0 Å². The minimum Gasteiger partial charge on any atom is -0.478 e. The number of aromatic nitrogens is 2. The molecular weight excluding hydrogens is 412 g/mol. The van der Waals surface area contributed by atoms with Crippen molar-refractivity contribution in [3.8, 4) is 22.1 Å². The van der Waals surface area contributed by atoms with Crippen molar-refractivity contribution in [3.63, 3.8) is 0 Å². The lowest BCUT2D eigenvalue weighted by atomic mass is 10.2. The van der Waals surface area contributed by atoms with E-state index in [-0.39, 0.29) is 5.56 Å². The van der Waals surface area contributed by atoms with Gasteiger partial charge in [-0.2, -0.15) is 0 Å².